The number of ether oxygens (including phenoxy) is 1. The van der Waals surface area contributed by atoms with E-state index in [4.69, 9.17) is 10.5 Å². The molecule has 1 aromatic carbocycles. The molecule has 0 bridgehead atoms. The van der Waals surface area contributed by atoms with Crippen LogP contribution in [0.3, 0.4) is 0 Å². The van der Waals surface area contributed by atoms with Gasteiger partial charge in [-0.25, -0.2) is 8.42 Å². The molecule has 88 valence electrons. The zero-order chi connectivity index (χ0) is 11.6. The summed E-state index contributed by atoms with van der Waals surface area (Å²) in [6.07, 6.45) is 1.39. The summed E-state index contributed by atoms with van der Waals surface area (Å²) in [5.74, 6) is 0.943. The Morgan fingerprint density at radius 1 is 1.38 bits per heavy atom. The molecular weight excluding hydrogens is 226 g/mol. The summed E-state index contributed by atoms with van der Waals surface area (Å²) in [5.41, 5.74) is 6.23. The van der Waals surface area contributed by atoms with Gasteiger partial charge in [0, 0.05) is 0 Å². The number of sulfone groups is 1. The maximum atomic E-state index is 11.6. The molecule has 1 aliphatic heterocycles. The van der Waals surface area contributed by atoms with E-state index in [1.807, 2.05) is 6.07 Å². The van der Waals surface area contributed by atoms with E-state index in [0.29, 0.717) is 24.5 Å². The molecule has 2 N–H and O–H groups in total. The first-order chi connectivity index (χ1) is 7.63. The van der Waals surface area contributed by atoms with E-state index >= 15 is 0 Å². The molecule has 2 rings (SSSR count). The minimum absolute atomic E-state index is 0.217. The number of rotatable bonds is 4. The summed E-state index contributed by atoms with van der Waals surface area (Å²) < 4.78 is 28.6. The average Bonchev–Trinajstić information content (AvgIpc) is 2.55. The Balaban J connectivity index is 2.16. The molecule has 1 heterocycles. The Labute approximate surface area is 95.3 Å². The molecule has 0 aliphatic carbocycles. The molecule has 0 atom stereocenters. The molecule has 0 saturated heterocycles. The smallest absolute Gasteiger partial charge is 0.178 e. The maximum Gasteiger partial charge on any atom is 0.178 e. The third kappa shape index (κ3) is 2.20. The molecule has 0 radical (unpaired) electrons. The predicted octanol–water partition coefficient (Wildman–Crippen LogP) is 0.744. The standard InChI is InChI=1S/C11H15NO3S/c12-5-1-6-15-10-2-3-11-9(8-10)4-7-16(11,13)14/h2-3,8H,1,4-7,12H2. The summed E-state index contributed by atoms with van der Waals surface area (Å²) in [4.78, 5) is 0.457. The van der Waals surface area contributed by atoms with Gasteiger partial charge in [0.25, 0.3) is 0 Å². The van der Waals surface area contributed by atoms with Gasteiger partial charge in [0.15, 0.2) is 9.84 Å². The number of aryl methyl sites for hydroxylation is 1. The van der Waals surface area contributed by atoms with Gasteiger partial charge in [-0.3, -0.25) is 0 Å². The lowest BCUT2D eigenvalue weighted by Gasteiger charge is -2.06. The second-order valence-electron chi connectivity index (χ2n) is 3.83. The normalized spacial score (nSPS) is 17.1. The van der Waals surface area contributed by atoms with Gasteiger partial charge in [-0.1, -0.05) is 0 Å². The van der Waals surface area contributed by atoms with Gasteiger partial charge in [0.1, 0.15) is 5.75 Å². The van der Waals surface area contributed by atoms with E-state index in [2.05, 4.69) is 0 Å². The highest BCUT2D eigenvalue weighted by atomic mass is 32.2. The van der Waals surface area contributed by atoms with Crippen molar-refractivity contribution in [1.82, 2.24) is 0 Å². The Hall–Kier alpha value is -1.07. The largest absolute Gasteiger partial charge is 0.494 e. The monoisotopic (exact) mass is 241 g/mol. The molecule has 0 fully saturated rings. The molecule has 0 amide bonds. The van der Waals surface area contributed by atoms with Crippen LogP contribution in [0.5, 0.6) is 5.75 Å². The van der Waals surface area contributed by atoms with Gasteiger partial charge in [0.05, 0.1) is 17.3 Å². The van der Waals surface area contributed by atoms with Crippen molar-refractivity contribution in [3.05, 3.63) is 23.8 Å². The molecule has 0 saturated carbocycles. The molecular formula is C11H15NO3S. The van der Waals surface area contributed by atoms with Gasteiger partial charge in [-0.2, -0.15) is 0 Å². The van der Waals surface area contributed by atoms with Crippen LogP contribution in [0.25, 0.3) is 0 Å². The van der Waals surface area contributed by atoms with Crippen LogP contribution in [-0.4, -0.2) is 27.3 Å². The first-order valence-corrected chi connectivity index (χ1v) is 6.97. The van der Waals surface area contributed by atoms with E-state index in [9.17, 15) is 8.42 Å². The van der Waals surface area contributed by atoms with E-state index in [1.165, 1.54) is 0 Å². The van der Waals surface area contributed by atoms with Gasteiger partial charge in [0.2, 0.25) is 0 Å². The van der Waals surface area contributed by atoms with Crippen molar-refractivity contribution >= 4 is 9.84 Å². The van der Waals surface area contributed by atoms with E-state index in [0.717, 1.165) is 17.7 Å². The lowest BCUT2D eigenvalue weighted by atomic mass is 10.2. The number of benzene rings is 1. The second kappa shape index (κ2) is 4.43. The second-order valence-corrected chi connectivity index (χ2v) is 5.91. The van der Waals surface area contributed by atoms with Crippen LogP contribution < -0.4 is 10.5 Å². The minimum Gasteiger partial charge on any atom is -0.494 e. The summed E-state index contributed by atoms with van der Waals surface area (Å²) in [5, 5.41) is 0. The third-order valence-electron chi connectivity index (χ3n) is 2.62. The fourth-order valence-corrected chi connectivity index (χ4v) is 3.32. The Morgan fingerprint density at radius 2 is 2.19 bits per heavy atom. The highest BCUT2D eigenvalue weighted by molar-refractivity contribution is 7.91. The predicted molar refractivity (Wildman–Crippen MR) is 61.4 cm³/mol. The van der Waals surface area contributed by atoms with Gasteiger partial charge in [-0.15, -0.1) is 0 Å². The molecule has 0 unspecified atom stereocenters. The Kier molecular flexibility index (Phi) is 3.16. The number of fused-ring (bicyclic) bond motifs is 1. The van der Waals surface area contributed by atoms with Crippen molar-refractivity contribution in [2.24, 2.45) is 5.73 Å². The molecule has 1 aromatic rings. The fourth-order valence-electron chi connectivity index (χ4n) is 1.77. The number of hydrogen-bond donors (Lipinski definition) is 1. The first-order valence-electron chi connectivity index (χ1n) is 5.32. The summed E-state index contributed by atoms with van der Waals surface area (Å²) in [6, 6.07) is 5.16. The van der Waals surface area contributed by atoms with Crippen LogP contribution in [0.4, 0.5) is 0 Å². The lowest BCUT2D eigenvalue weighted by molar-refractivity contribution is 0.313. The van der Waals surface area contributed by atoms with Crippen molar-refractivity contribution in [2.45, 2.75) is 17.7 Å². The molecule has 16 heavy (non-hydrogen) atoms. The van der Waals surface area contributed by atoms with Crippen molar-refractivity contribution in [2.75, 3.05) is 18.9 Å². The maximum absolute atomic E-state index is 11.6. The van der Waals surface area contributed by atoms with E-state index in [1.54, 1.807) is 12.1 Å². The van der Waals surface area contributed by atoms with Gasteiger partial charge in [-0.05, 0) is 43.1 Å². The van der Waals surface area contributed by atoms with Crippen LogP contribution >= 0.6 is 0 Å². The highest BCUT2D eigenvalue weighted by Crippen LogP contribution is 2.29. The van der Waals surface area contributed by atoms with E-state index < -0.39 is 9.84 Å². The van der Waals surface area contributed by atoms with Crippen LogP contribution in [0.2, 0.25) is 0 Å². The number of nitrogens with two attached hydrogens (primary N) is 1. The third-order valence-corrected chi connectivity index (χ3v) is 4.43. The summed E-state index contributed by atoms with van der Waals surface area (Å²) in [7, 11) is -3.02. The van der Waals surface area contributed by atoms with Crippen LogP contribution in [-0.2, 0) is 16.3 Å². The van der Waals surface area contributed by atoms with Crippen molar-refractivity contribution in [1.29, 1.82) is 0 Å². The molecule has 5 heteroatoms. The summed E-state index contributed by atoms with van der Waals surface area (Å²) in [6.45, 7) is 1.17. The van der Waals surface area contributed by atoms with E-state index in [-0.39, 0.29) is 5.75 Å². The van der Waals surface area contributed by atoms with Crippen molar-refractivity contribution in [3.63, 3.8) is 0 Å². The fraction of sp³-hybridized carbons (Fsp3) is 0.455. The molecule has 4 nitrogen and oxygen atoms in total. The Bertz CT molecular complexity index is 482. The van der Waals surface area contributed by atoms with Crippen molar-refractivity contribution < 1.29 is 13.2 Å². The molecule has 1 aliphatic rings. The Morgan fingerprint density at radius 3 is 2.94 bits per heavy atom. The quantitative estimate of drug-likeness (QED) is 0.789. The average molecular weight is 241 g/mol. The summed E-state index contributed by atoms with van der Waals surface area (Å²) >= 11 is 0. The SMILES string of the molecule is NCCCOc1ccc2c(c1)CCS2(=O)=O. The minimum atomic E-state index is -3.02. The van der Waals surface area contributed by atoms with Crippen LogP contribution in [0.1, 0.15) is 12.0 Å². The lowest BCUT2D eigenvalue weighted by Crippen LogP contribution is -2.06. The highest BCUT2D eigenvalue weighted by Gasteiger charge is 2.26. The van der Waals surface area contributed by atoms with Gasteiger partial charge < -0.3 is 10.5 Å². The van der Waals surface area contributed by atoms with Crippen LogP contribution in [0, 0.1) is 0 Å². The zero-order valence-electron chi connectivity index (χ0n) is 8.98. The molecule has 0 aromatic heterocycles. The zero-order valence-corrected chi connectivity index (χ0v) is 9.79. The van der Waals surface area contributed by atoms with Crippen molar-refractivity contribution in [3.8, 4) is 5.75 Å². The van der Waals surface area contributed by atoms with Gasteiger partial charge >= 0.3 is 0 Å². The number of hydrogen-bond acceptors (Lipinski definition) is 4. The first kappa shape index (κ1) is 11.4. The van der Waals surface area contributed by atoms with Crippen LogP contribution in [0.15, 0.2) is 23.1 Å². The molecule has 0 spiro atoms. The topological polar surface area (TPSA) is 69.4 Å².